The van der Waals surface area contributed by atoms with Gasteiger partial charge in [0.25, 0.3) is 0 Å². The van der Waals surface area contributed by atoms with Gasteiger partial charge < -0.3 is 20.1 Å². The van der Waals surface area contributed by atoms with Gasteiger partial charge in [-0.15, -0.1) is 0 Å². The number of hydrogen-bond donors (Lipinski definition) is 3. The van der Waals surface area contributed by atoms with Crippen LogP contribution in [-0.2, 0) is 13.0 Å². The first kappa shape index (κ1) is 29.1. The Balaban J connectivity index is 1.24. The quantitative estimate of drug-likeness (QED) is 0.161. The highest BCUT2D eigenvalue weighted by atomic mass is 16.5. The predicted molar refractivity (Wildman–Crippen MR) is 180 cm³/mol. The second-order valence-electron chi connectivity index (χ2n) is 11.2. The van der Waals surface area contributed by atoms with Crippen LogP contribution < -0.4 is 10.1 Å². The number of H-pyrrole nitrogens is 1. The van der Waals surface area contributed by atoms with Crippen molar-refractivity contribution in [2.24, 2.45) is 0 Å². The van der Waals surface area contributed by atoms with Crippen LogP contribution in [0.3, 0.4) is 0 Å². The van der Waals surface area contributed by atoms with Gasteiger partial charge in [0.15, 0.2) is 0 Å². The molecule has 0 aliphatic carbocycles. The maximum atomic E-state index is 9.31. The number of likely N-dealkylation sites (N-methyl/N-ethyl adjacent to an activating group) is 1. The van der Waals surface area contributed by atoms with Crippen LogP contribution in [0.25, 0.3) is 39.3 Å². The molecule has 3 N–H and O–H groups in total. The third kappa shape index (κ3) is 6.03. The zero-order valence-electron chi connectivity index (χ0n) is 25.7. The van der Waals surface area contributed by atoms with Crippen LogP contribution in [0.1, 0.15) is 17.0 Å². The first-order valence-electron chi connectivity index (χ1n) is 15.1. The van der Waals surface area contributed by atoms with E-state index in [9.17, 15) is 5.11 Å². The molecule has 7 rings (SSSR count). The van der Waals surface area contributed by atoms with Gasteiger partial charge in [0.2, 0.25) is 5.95 Å². The lowest BCUT2D eigenvalue weighted by Gasteiger charge is -2.17. The van der Waals surface area contributed by atoms with E-state index < -0.39 is 0 Å². The number of aliphatic hydroxyl groups is 1. The Bertz CT molecular complexity index is 2120. The van der Waals surface area contributed by atoms with Gasteiger partial charge >= 0.3 is 0 Å². The molecule has 3 aromatic carbocycles. The second-order valence-corrected chi connectivity index (χ2v) is 11.2. The molecule has 0 bridgehead atoms. The van der Waals surface area contributed by atoms with E-state index >= 15 is 0 Å². The van der Waals surface area contributed by atoms with E-state index in [0.717, 1.165) is 62.8 Å². The standard InChI is InChI=1S/C36H34N8O2/c1-43(18-19-45)23-25-11-14-31(46-2)30(20-25)41-36-37-16-15-28(40-36)35-34(42-33-10-6-7-17-44(33)35)26-12-13-27-29(22-26)39-32(38-27)21-24-8-4-3-5-9-24/h3-17,20,22,45H,18-19,21,23H2,1-2H3,(H,38,39)(H,37,40,41). The van der Waals surface area contributed by atoms with Gasteiger partial charge in [-0.25, -0.2) is 19.9 Å². The van der Waals surface area contributed by atoms with Crippen LogP contribution in [-0.4, -0.2) is 66.6 Å². The molecule has 7 aromatic rings. The average molecular weight is 611 g/mol. The van der Waals surface area contributed by atoms with E-state index in [2.05, 4.69) is 48.9 Å². The normalized spacial score (nSPS) is 11.5. The number of methoxy groups -OCH3 is 1. The third-order valence-electron chi connectivity index (χ3n) is 7.89. The minimum atomic E-state index is 0.106. The summed E-state index contributed by atoms with van der Waals surface area (Å²) in [5.41, 5.74) is 9.05. The Labute approximate surface area is 266 Å². The third-order valence-corrected chi connectivity index (χ3v) is 7.89. The summed E-state index contributed by atoms with van der Waals surface area (Å²) < 4.78 is 7.69. The summed E-state index contributed by atoms with van der Waals surface area (Å²) in [4.78, 5) is 24.9. The maximum absolute atomic E-state index is 9.31. The molecule has 46 heavy (non-hydrogen) atoms. The number of nitrogens with one attached hydrogen (secondary N) is 2. The van der Waals surface area contributed by atoms with Crippen LogP contribution in [0.2, 0.25) is 0 Å². The Kier molecular flexibility index (Phi) is 8.11. The lowest BCUT2D eigenvalue weighted by molar-refractivity contribution is 0.217. The van der Waals surface area contributed by atoms with Crippen LogP contribution in [0.15, 0.2) is 103 Å². The number of aromatic amines is 1. The first-order valence-corrected chi connectivity index (χ1v) is 15.1. The van der Waals surface area contributed by atoms with E-state index in [0.29, 0.717) is 24.8 Å². The predicted octanol–water partition coefficient (Wildman–Crippen LogP) is 6.10. The Hall–Kier alpha value is -5.58. The fourth-order valence-electron chi connectivity index (χ4n) is 5.71. The summed E-state index contributed by atoms with van der Waals surface area (Å²) in [7, 11) is 3.61. The first-order chi connectivity index (χ1) is 22.6. The molecule has 230 valence electrons. The molecule has 4 aromatic heterocycles. The summed E-state index contributed by atoms with van der Waals surface area (Å²) in [5.74, 6) is 2.03. The SMILES string of the molecule is COc1ccc(CN(C)CCO)cc1Nc1nccc(-c2c(-c3ccc4nc(Cc5ccccc5)[nH]c4c3)nc3ccccn23)n1. The van der Waals surface area contributed by atoms with Crippen molar-refractivity contribution >= 4 is 28.3 Å². The summed E-state index contributed by atoms with van der Waals surface area (Å²) in [6.45, 7) is 1.37. The number of benzene rings is 3. The minimum absolute atomic E-state index is 0.106. The summed E-state index contributed by atoms with van der Waals surface area (Å²) in [6.07, 6.45) is 4.47. The molecule has 0 saturated heterocycles. The van der Waals surface area contributed by atoms with E-state index in [1.54, 1.807) is 13.3 Å². The number of anilines is 2. The molecule has 10 heteroatoms. The molecule has 0 radical (unpaired) electrons. The molecule has 0 aliphatic heterocycles. The highest BCUT2D eigenvalue weighted by Crippen LogP contribution is 2.34. The van der Waals surface area contributed by atoms with Crippen molar-refractivity contribution < 1.29 is 9.84 Å². The van der Waals surface area contributed by atoms with Crippen molar-refractivity contribution in [1.82, 2.24) is 34.2 Å². The van der Waals surface area contributed by atoms with Crippen molar-refractivity contribution in [3.8, 4) is 28.4 Å². The number of aromatic nitrogens is 6. The molecule has 0 fully saturated rings. The lowest BCUT2D eigenvalue weighted by Crippen LogP contribution is -2.21. The number of aliphatic hydroxyl groups excluding tert-OH is 1. The van der Waals surface area contributed by atoms with Gasteiger partial charge in [-0.2, -0.15) is 0 Å². The second kappa shape index (κ2) is 12.8. The molecule has 0 saturated carbocycles. The van der Waals surface area contributed by atoms with Crippen molar-refractivity contribution in [2.75, 3.05) is 32.6 Å². The summed E-state index contributed by atoms with van der Waals surface area (Å²) in [6, 6.07) is 30.3. The van der Waals surface area contributed by atoms with Crippen molar-refractivity contribution in [3.63, 3.8) is 0 Å². The molecule has 0 spiro atoms. The zero-order valence-corrected chi connectivity index (χ0v) is 25.7. The van der Waals surface area contributed by atoms with E-state index in [1.165, 1.54) is 5.56 Å². The van der Waals surface area contributed by atoms with Crippen LogP contribution in [0.5, 0.6) is 5.75 Å². The number of hydrogen-bond acceptors (Lipinski definition) is 8. The largest absolute Gasteiger partial charge is 0.495 e. The number of rotatable bonds is 11. The van der Waals surface area contributed by atoms with Crippen molar-refractivity contribution in [2.45, 2.75) is 13.0 Å². The molecular formula is C36H34N8O2. The van der Waals surface area contributed by atoms with Gasteiger partial charge in [-0.3, -0.25) is 9.30 Å². The lowest BCUT2D eigenvalue weighted by atomic mass is 10.1. The number of pyridine rings is 1. The molecule has 4 heterocycles. The molecule has 0 amide bonds. The van der Waals surface area contributed by atoms with Crippen molar-refractivity contribution in [1.29, 1.82) is 0 Å². The highest BCUT2D eigenvalue weighted by molar-refractivity contribution is 5.87. The fraction of sp³-hybridized carbons (Fsp3) is 0.167. The number of ether oxygens (including phenoxy) is 1. The van der Waals surface area contributed by atoms with Crippen molar-refractivity contribution in [3.05, 3.63) is 120 Å². The van der Waals surface area contributed by atoms with Crippen LogP contribution in [0.4, 0.5) is 11.6 Å². The number of nitrogens with zero attached hydrogens (tertiary/aromatic N) is 6. The van der Waals surface area contributed by atoms with E-state index in [-0.39, 0.29) is 6.61 Å². The summed E-state index contributed by atoms with van der Waals surface area (Å²) >= 11 is 0. The van der Waals surface area contributed by atoms with E-state index in [4.69, 9.17) is 19.7 Å². The molecular weight excluding hydrogens is 576 g/mol. The number of imidazole rings is 2. The van der Waals surface area contributed by atoms with Crippen LogP contribution >= 0.6 is 0 Å². The van der Waals surface area contributed by atoms with Gasteiger partial charge in [0.05, 0.1) is 47.5 Å². The monoisotopic (exact) mass is 610 g/mol. The Morgan fingerprint density at radius 2 is 1.78 bits per heavy atom. The smallest absolute Gasteiger partial charge is 0.227 e. The maximum Gasteiger partial charge on any atom is 0.227 e. The molecule has 10 nitrogen and oxygen atoms in total. The fourth-order valence-corrected chi connectivity index (χ4v) is 5.71. The van der Waals surface area contributed by atoms with Gasteiger partial charge in [-0.05, 0) is 60.6 Å². The Morgan fingerprint density at radius 3 is 2.63 bits per heavy atom. The molecule has 0 aliphatic rings. The molecule has 0 unspecified atom stereocenters. The van der Waals surface area contributed by atoms with Gasteiger partial charge in [0.1, 0.15) is 17.2 Å². The van der Waals surface area contributed by atoms with Gasteiger partial charge in [0, 0.05) is 37.5 Å². The summed E-state index contributed by atoms with van der Waals surface area (Å²) in [5, 5.41) is 12.7. The topological polar surface area (TPSA) is 116 Å². The van der Waals surface area contributed by atoms with Crippen LogP contribution in [0, 0.1) is 0 Å². The highest BCUT2D eigenvalue weighted by Gasteiger charge is 2.19. The van der Waals surface area contributed by atoms with E-state index in [1.807, 2.05) is 80.0 Å². The zero-order chi connectivity index (χ0) is 31.5. The minimum Gasteiger partial charge on any atom is -0.495 e. The van der Waals surface area contributed by atoms with Gasteiger partial charge in [-0.1, -0.05) is 48.5 Å². The molecule has 0 atom stereocenters. The number of fused-ring (bicyclic) bond motifs is 2. The Morgan fingerprint density at radius 1 is 0.913 bits per heavy atom. The average Bonchev–Trinajstić information content (AvgIpc) is 3.66.